The molecule has 3 aromatic carbocycles. The van der Waals surface area contributed by atoms with Crippen LogP contribution in [0, 0.1) is 0 Å². The minimum Gasteiger partial charge on any atom is -0.268 e. The molecule has 0 spiro atoms. The molecule has 0 unspecified atom stereocenters. The maximum atomic E-state index is 13.3. The Morgan fingerprint density at radius 2 is 0.750 bits per heavy atom. The van der Waals surface area contributed by atoms with Gasteiger partial charge in [0.2, 0.25) is 0 Å². The van der Waals surface area contributed by atoms with Crippen LogP contribution in [0.4, 0.5) is 11.4 Å². The Bertz CT molecular complexity index is 1340. The third-order valence-electron chi connectivity index (χ3n) is 8.04. The Labute approximate surface area is 208 Å². The van der Waals surface area contributed by atoms with Crippen molar-refractivity contribution >= 4 is 35.0 Å². The van der Waals surface area contributed by atoms with Crippen LogP contribution in [0.25, 0.3) is 0 Å². The molecule has 6 nitrogen and oxygen atoms in total. The predicted octanol–water partition coefficient (Wildman–Crippen LogP) is 5.05. The van der Waals surface area contributed by atoms with Gasteiger partial charge in [-0.15, -0.1) is 0 Å². The topological polar surface area (TPSA) is 74.8 Å². The van der Waals surface area contributed by atoms with E-state index in [-0.39, 0.29) is 23.6 Å². The minimum atomic E-state index is -0.365. The van der Waals surface area contributed by atoms with E-state index in [1.54, 1.807) is 24.3 Å². The molecule has 0 radical (unpaired) electrons. The second kappa shape index (κ2) is 7.72. The van der Waals surface area contributed by atoms with Crippen LogP contribution in [-0.4, -0.2) is 23.6 Å². The summed E-state index contributed by atoms with van der Waals surface area (Å²) in [6.45, 7) is 0. The van der Waals surface area contributed by atoms with E-state index in [9.17, 15) is 19.2 Å². The molecule has 2 aliphatic heterocycles. The lowest BCUT2D eigenvalue weighted by atomic mass is 9.88. The summed E-state index contributed by atoms with van der Waals surface area (Å²) in [7, 11) is 0. The molecule has 4 aliphatic rings. The highest BCUT2D eigenvalue weighted by atomic mass is 16.2. The van der Waals surface area contributed by atoms with Gasteiger partial charge in [-0.3, -0.25) is 19.2 Å². The van der Waals surface area contributed by atoms with Crippen molar-refractivity contribution in [2.45, 2.75) is 51.4 Å². The average Bonchev–Trinajstić information content (AvgIpc) is 3.29. The first-order valence-corrected chi connectivity index (χ1v) is 12.7. The molecule has 0 aromatic heterocycles. The molecule has 0 saturated heterocycles. The van der Waals surface area contributed by atoms with Gasteiger partial charge >= 0.3 is 0 Å². The van der Waals surface area contributed by atoms with Crippen LogP contribution in [0.1, 0.15) is 89.4 Å². The number of amides is 4. The maximum Gasteiger partial charge on any atom is 0.266 e. The number of benzene rings is 3. The fraction of sp³-hybridized carbons (Fsp3) is 0.267. The number of anilines is 2. The molecule has 0 N–H and O–H groups in total. The first-order valence-electron chi connectivity index (χ1n) is 12.7. The summed E-state index contributed by atoms with van der Waals surface area (Å²) < 4.78 is 0. The van der Waals surface area contributed by atoms with Gasteiger partial charge in [0.05, 0.1) is 33.6 Å². The van der Waals surface area contributed by atoms with Crippen LogP contribution in [-0.2, 0) is 25.7 Å². The molecular formula is C30H24N2O4. The number of carbonyl (C=O) groups excluding carboxylic acids is 4. The van der Waals surface area contributed by atoms with Crippen molar-refractivity contribution in [3.8, 4) is 0 Å². The SMILES string of the molecule is O=C1c2cc3c(cc2C(=O)N1c1cccc(N2C(=O)c4cc5c(cc4C2=O)CCCC5)c1)CCCC3. The van der Waals surface area contributed by atoms with Crippen molar-refractivity contribution in [3.05, 3.63) is 93.0 Å². The van der Waals surface area contributed by atoms with Gasteiger partial charge in [-0.25, -0.2) is 9.80 Å². The van der Waals surface area contributed by atoms with Gasteiger partial charge in [0.1, 0.15) is 0 Å². The largest absolute Gasteiger partial charge is 0.268 e. The summed E-state index contributed by atoms with van der Waals surface area (Å²) in [6.07, 6.45) is 8.02. The molecule has 36 heavy (non-hydrogen) atoms. The second-order valence-electron chi connectivity index (χ2n) is 10.2. The van der Waals surface area contributed by atoms with Crippen molar-refractivity contribution in [1.82, 2.24) is 0 Å². The third kappa shape index (κ3) is 2.97. The van der Waals surface area contributed by atoms with Crippen molar-refractivity contribution in [2.75, 3.05) is 9.80 Å². The van der Waals surface area contributed by atoms with Gasteiger partial charge in [-0.1, -0.05) is 6.07 Å². The van der Waals surface area contributed by atoms with Crippen molar-refractivity contribution in [2.24, 2.45) is 0 Å². The van der Waals surface area contributed by atoms with Crippen molar-refractivity contribution in [1.29, 1.82) is 0 Å². The Morgan fingerprint density at radius 1 is 0.444 bits per heavy atom. The number of imide groups is 2. The van der Waals surface area contributed by atoms with Crippen LogP contribution in [0.3, 0.4) is 0 Å². The predicted molar refractivity (Wildman–Crippen MR) is 135 cm³/mol. The normalized spacial score (nSPS) is 18.3. The first kappa shape index (κ1) is 21.2. The van der Waals surface area contributed by atoms with Gasteiger partial charge in [0.15, 0.2) is 0 Å². The molecule has 4 amide bonds. The molecule has 0 atom stereocenters. The molecule has 6 heteroatoms. The van der Waals surface area contributed by atoms with E-state index in [2.05, 4.69) is 0 Å². The first-order chi connectivity index (χ1) is 17.5. The zero-order valence-electron chi connectivity index (χ0n) is 19.8. The summed E-state index contributed by atoms with van der Waals surface area (Å²) in [6, 6.07) is 14.1. The summed E-state index contributed by atoms with van der Waals surface area (Å²) in [4.78, 5) is 55.7. The lowest BCUT2D eigenvalue weighted by Gasteiger charge is -2.18. The lowest BCUT2D eigenvalue weighted by molar-refractivity contribution is 0.0912. The third-order valence-corrected chi connectivity index (χ3v) is 8.04. The highest BCUT2D eigenvalue weighted by Gasteiger charge is 2.40. The molecule has 2 aliphatic carbocycles. The monoisotopic (exact) mass is 476 g/mol. The Morgan fingerprint density at radius 3 is 1.06 bits per heavy atom. The molecule has 2 heterocycles. The number of rotatable bonds is 2. The molecule has 3 aromatic rings. The van der Waals surface area contributed by atoms with Gasteiger partial charge < -0.3 is 0 Å². The van der Waals surface area contributed by atoms with E-state index in [1.165, 1.54) is 0 Å². The number of hydrogen-bond donors (Lipinski definition) is 0. The van der Waals surface area contributed by atoms with E-state index in [1.807, 2.05) is 24.3 Å². The number of aryl methyl sites for hydroxylation is 4. The highest BCUT2D eigenvalue weighted by Crippen LogP contribution is 2.37. The summed E-state index contributed by atoms with van der Waals surface area (Å²) in [5, 5.41) is 0. The van der Waals surface area contributed by atoms with E-state index >= 15 is 0 Å². The number of fused-ring (bicyclic) bond motifs is 4. The summed E-state index contributed by atoms with van der Waals surface area (Å²) in [5.74, 6) is -1.46. The fourth-order valence-electron chi connectivity index (χ4n) is 6.19. The molecular weight excluding hydrogens is 452 g/mol. The van der Waals surface area contributed by atoms with Gasteiger partial charge in [0, 0.05) is 0 Å². The zero-order valence-corrected chi connectivity index (χ0v) is 19.8. The molecule has 7 rings (SSSR count). The maximum absolute atomic E-state index is 13.3. The Balaban J connectivity index is 1.25. The molecule has 0 fully saturated rings. The van der Waals surface area contributed by atoms with Crippen LogP contribution < -0.4 is 9.80 Å². The zero-order chi connectivity index (χ0) is 24.6. The van der Waals surface area contributed by atoms with Crippen LogP contribution >= 0.6 is 0 Å². The second-order valence-corrected chi connectivity index (χ2v) is 10.2. The smallest absolute Gasteiger partial charge is 0.266 e. The molecule has 0 saturated carbocycles. The van der Waals surface area contributed by atoms with Crippen molar-refractivity contribution < 1.29 is 19.2 Å². The van der Waals surface area contributed by atoms with Crippen LogP contribution in [0.5, 0.6) is 0 Å². The number of nitrogens with zero attached hydrogens (tertiary/aromatic N) is 2. The quantitative estimate of drug-likeness (QED) is 0.486. The van der Waals surface area contributed by atoms with Crippen LogP contribution in [0.2, 0.25) is 0 Å². The van der Waals surface area contributed by atoms with E-state index in [0.717, 1.165) is 83.4 Å². The minimum absolute atomic E-state index is 0.354. The Hall–Kier alpha value is -4.06. The molecule has 178 valence electrons. The van der Waals surface area contributed by atoms with Crippen LogP contribution in [0.15, 0.2) is 48.5 Å². The molecule has 0 bridgehead atoms. The van der Waals surface area contributed by atoms with Gasteiger partial charge in [-0.05, 0) is 116 Å². The van der Waals surface area contributed by atoms with E-state index in [0.29, 0.717) is 33.6 Å². The Kier molecular flexibility index (Phi) is 4.55. The summed E-state index contributed by atoms with van der Waals surface area (Å²) in [5.41, 5.74) is 7.00. The number of hydrogen-bond acceptors (Lipinski definition) is 4. The highest BCUT2D eigenvalue weighted by molar-refractivity contribution is 6.36. The average molecular weight is 477 g/mol. The van der Waals surface area contributed by atoms with Crippen molar-refractivity contribution in [3.63, 3.8) is 0 Å². The lowest BCUT2D eigenvalue weighted by Crippen LogP contribution is -2.31. The van der Waals surface area contributed by atoms with E-state index in [4.69, 9.17) is 0 Å². The van der Waals surface area contributed by atoms with E-state index < -0.39 is 0 Å². The van der Waals surface area contributed by atoms with Gasteiger partial charge in [-0.2, -0.15) is 0 Å². The standard InChI is InChI=1S/C30H24N2O4/c33-27-23-12-17-6-1-2-7-18(17)13-24(23)28(34)31(27)21-10-5-11-22(16-21)32-29(35)25-14-19-8-3-4-9-20(19)15-26(25)30(32)36/h5,10-16H,1-4,6-9H2. The summed E-state index contributed by atoms with van der Waals surface area (Å²) >= 11 is 0. The number of carbonyl (C=O) groups is 4. The fourth-order valence-corrected chi connectivity index (χ4v) is 6.19. The van der Waals surface area contributed by atoms with Gasteiger partial charge in [0.25, 0.3) is 23.6 Å².